The Labute approximate surface area is 197 Å². The lowest BCUT2D eigenvalue weighted by atomic mass is 9.92. The molecule has 172 valence electrons. The molecule has 7 nitrogen and oxygen atoms in total. The monoisotopic (exact) mass is 478 g/mol. The van der Waals surface area contributed by atoms with Gasteiger partial charge in [0.15, 0.2) is 0 Å². The van der Waals surface area contributed by atoms with Crippen LogP contribution in [-0.4, -0.2) is 46.3 Å². The average Bonchev–Trinajstić information content (AvgIpc) is 3.34. The molecule has 2 aliphatic rings. The van der Waals surface area contributed by atoms with Crippen LogP contribution in [0.25, 0.3) is 32.1 Å². The largest absolute Gasteiger partial charge is 0.389 e. The molecule has 0 bridgehead atoms. The van der Waals surface area contributed by atoms with Gasteiger partial charge in [-0.3, -0.25) is 9.48 Å². The van der Waals surface area contributed by atoms with Gasteiger partial charge < -0.3 is 16.0 Å². The fourth-order valence-corrected chi connectivity index (χ4v) is 6.30. The van der Waals surface area contributed by atoms with Crippen LogP contribution in [0, 0.1) is 29.9 Å². The first-order valence-electron chi connectivity index (χ1n) is 11.0. The van der Waals surface area contributed by atoms with Crippen LogP contribution in [0.15, 0.2) is 18.2 Å². The topological polar surface area (TPSA) is 100.0 Å². The lowest BCUT2D eigenvalue weighted by Gasteiger charge is -2.37. The van der Waals surface area contributed by atoms with Gasteiger partial charge in [-0.05, 0) is 31.0 Å². The van der Waals surface area contributed by atoms with Gasteiger partial charge in [0.1, 0.15) is 22.7 Å². The lowest BCUT2D eigenvalue weighted by molar-refractivity contribution is 0.0613. The Morgan fingerprint density at radius 2 is 2.06 bits per heavy atom. The zero-order chi connectivity index (χ0) is 23.7. The molecule has 4 heterocycles. The van der Waals surface area contributed by atoms with E-state index in [1.165, 1.54) is 18.2 Å². The predicted molar refractivity (Wildman–Crippen MR) is 127 cm³/mol. The van der Waals surface area contributed by atoms with Crippen LogP contribution < -0.4 is 11.1 Å². The van der Waals surface area contributed by atoms with Crippen molar-refractivity contribution in [2.75, 3.05) is 25.4 Å². The second-order valence-corrected chi connectivity index (χ2v) is 9.76. The van der Waals surface area contributed by atoms with Crippen molar-refractivity contribution in [2.45, 2.75) is 25.9 Å². The Balaban J connectivity index is 1.69. The third-order valence-corrected chi connectivity index (χ3v) is 7.88. The van der Waals surface area contributed by atoms with Gasteiger partial charge in [0.25, 0.3) is 5.91 Å². The van der Waals surface area contributed by atoms with Gasteiger partial charge in [0.2, 0.25) is 0 Å². The Morgan fingerprint density at radius 1 is 1.24 bits per heavy atom. The summed E-state index contributed by atoms with van der Waals surface area (Å²) in [4.78, 5) is 15.4. The zero-order valence-corrected chi connectivity index (χ0v) is 19.1. The molecule has 0 unspecified atom stereocenters. The van der Waals surface area contributed by atoms with E-state index in [4.69, 9.17) is 5.73 Å². The van der Waals surface area contributed by atoms with Crippen molar-refractivity contribution in [1.82, 2.24) is 20.0 Å². The van der Waals surface area contributed by atoms with E-state index < -0.39 is 11.6 Å². The number of aryl methyl sites for hydroxylation is 2. The van der Waals surface area contributed by atoms with Crippen LogP contribution >= 0.6 is 11.3 Å². The molecule has 0 radical (unpaired) electrons. The number of rotatable bonds is 1. The fraction of sp³-hybridized carbons (Fsp3) is 0.292. The zero-order valence-electron chi connectivity index (χ0n) is 18.3. The molecule has 1 atom stereocenters. The molecule has 10 heteroatoms. The van der Waals surface area contributed by atoms with Crippen LogP contribution in [0.2, 0.25) is 0 Å². The quantitative estimate of drug-likeness (QED) is 0.434. The molecule has 0 saturated carbocycles. The Hall–Kier alpha value is -3.55. The van der Waals surface area contributed by atoms with E-state index >= 15 is 4.39 Å². The maximum absolute atomic E-state index is 15.9. The van der Waals surface area contributed by atoms with Gasteiger partial charge in [0.05, 0.1) is 27.0 Å². The number of amides is 1. The molecule has 2 aromatic heterocycles. The number of nitriles is 1. The summed E-state index contributed by atoms with van der Waals surface area (Å²) < 4.78 is 32.6. The first-order chi connectivity index (χ1) is 16.4. The Morgan fingerprint density at radius 3 is 2.85 bits per heavy atom. The lowest BCUT2D eigenvalue weighted by Crippen LogP contribution is -2.54. The highest BCUT2D eigenvalue weighted by molar-refractivity contribution is 7.23. The smallest absolute Gasteiger partial charge is 0.256 e. The number of halogens is 2. The number of aromatic nitrogens is 2. The number of carbonyl (C=O) groups excluding carboxylic acids is 1. The van der Waals surface area contributed by atoms with Crippen molar-refractivity contribution < 1.29 is 13.6 Å². The first kappa shape index (κ1) is 21.0. The summed E-state index contributed by atoms with van der Waals surface area (Å²) >= 11 is 0.967. The second kappa shape index (κ2) is 7.48. The number of carbonyl (C=O) groups is 1. The minimum absolute atomic E-state index is 0.0142. The molecule has 6 rings (SSSR count). The normalized spacial score (nSPS) is 18.1. The number of nitrogens with zero attached hydrogens (tertiary/aromatic N) is 4. The molecule has 0 aliphatic carbocycles. The van der Waals surface area contributed by atoms with E-state index in [0.29, 0.717) is 48.3 Å². The van der Waals surface area contributed by atoms with Crippen molar-refractivity contribution in [1.29, 1.82) is 5.26 Å². The Bertz CT molecular complexity index is 1570. The van der Waals surface area contributed by atoms with Crippen molar-refractivity contribution in [3.05, 3.63) is 46.7 Å². The highest BCUT2D eigenvalue weighted by Gasteiger charge is 2.34. The van der Waals surface area contributed by atoms with Gasteiger partial charge >= 0.3 is 0 Å². The Kier molecular flexibility index (Phi) is 4.62. The molecular formula is C24H20F2N6OS. The third-order valence-electron chi connectivity index (χ3n) is 6.86. The minimum Gasteiger partial charge on any atom is -0.389 e. The van der Waals surface area contributed by atoms with Crippen LogP contribution in [-0.2, 0) is 6.54 Å². The second-order valence-electron chi connectivity index (χ2n) is 8.71. The molecule has 2 aliphatic heterocycles. The van der Waals surface area contributed by atoms with Crippen LogP contribution in [0.3, 0.4) is 0 Å². The fourth-order valence-electron chi connectivity index (χ4n) is 5.35. The molecule has 3 N–H and O–H groups in total. The number of thiophene rings is 1. The minimum atomic E-state index is -0.618. The number of nitrogen functional groups attached to an aromatic ring is 1. The number of hydrogen-bond donors (Lipinski definition) is 2. The number of hydrogen-bond acceptors (Lipinski definition) is 6. The van der Waals surface area contributed by atoms with Crippen molar-refractivity contribution in [3.63, 3.8) is 0 Å². The SMILES string of the molecule is Cc1nn2c3c(cc(F)c(-c4ccc(F)c5sc(N)c(C#N)c45)c13)C(=O)N1CCNC[C@H]1CC2. The van der Waals surface area contributed by atoms with Crippen molar-refractivity contribution in [3.8, 4) is 17.2 Å². The van der Waals surface area contributed by atoms with Crippen LogP contribution in [0.1, 0.15) is 28.0 Å². The van der Waals surface area contributed by atoms with E-state index in [1.807, 2.05) is 11.0 Å². The summed E-state index contributed by atoms with van der Waals surface area (Å²) in [6.07, 6.45) is 0.724. The summed E-state index contributed by atoms with van der Waals surface area (Å²) in [6.45, 7) is 4.28. The van der Waals surface area contributed by atoms with E-state index in [-0.39, 0.29) is 43.7 Å². The molecule has 34 heavy (non-hydrogen) atoms. The molecule has 1 fully saturated rings. The van der Waals surface area contributed by atoms with E-state index in [9.17, 15) is 14.4 Å². The van der Waals surface area contributed by atoms with Gasteiger partial charge in [0, 0.05) is 48.6 Å². The van der Waals surface area contributed by atoms with Crippen LogP contribution in [0.5, 0.6) is 0 Å². The summed E-state index contributed by atoms with van der Waals surface area (Å²) in [5, 5.41) is 18.6. The van der Waals surface area contributed by atoms with Gasteiger partial charge in [-0.15, -0.1) is 11.3 Å². The van der Waals surface area contributed by atoms with Crippen LogP contribution in [0.4, 0.5) is 13.8 Å². The summed E-state index contributed by atoms with van der Waals surface area (Å²) in [6, 6.07) is 6.05. The number of piperazine rings is 1. The standard InChI is InChI=1S/C24H20F2N6OS/c1-11-18-20(13-2-3-16(25)22-19(13)15(9-27)23(28)34-22)17(26)8-14-21(18)32(30-11)6-4-12-10-29-5-7-31(12)24(14)33/h2-3,8,12,29H,4-7,10,28H2,1H3/t12-/m1/s1. The predicted octanol–water partition coefficient (Wildman–Crippen LogP) is 3.78. The molecule has 1 amide bonds. The first-order valence-corrected chi connectivity index (χ1v) is 11.8. The molecular weight excluding hydrogens is 458 g/mol. The van der Waals surface area contributed by atoms with E-state index in [2.05, 4.69) is 10.4 Å². The average molecular weight is 479 g/mol. The number of nitrogens with two attached hydrogens (primary N) is 1. The van der Waals surface area contributed by atoms with Crippen molar-refractivity contribution in [2.24, 2.45) is 0 Å². The van der Waals surface area contributed by atoms with Gasteiger partial charge in [-0.2, -0.15) is 10.4 Å². The number of anilines is 1. The number of fused-ring (bicyclic) bond motifs is 2. The summed E-state index contributed by atoms with van der Waals surface area (Å²) in [5.74, 6) is -1.36. The molecule has 4 aromatic rings. The highest BCUT2D eigenvalue weighted by atomic mass is 32.1. The molecule has 1 saturated heterocycles. The third kappa shape index (κ3) is 2.80. The number of benzene rings is 2. The maximum atomic E-state index is 15.9. The summed E-state index contributed by atoms with van der Waals surface area (Å²) in [7, 11) is 0. The van der Waals surface area contributed by atoms with Gasteiger partial charge in [-0.1, -0.05) is 6.07 Å². The molecule has 2 aromatic carbocycles. The maximum Gasteiger partial charge on any atom is 0.256 e. The molecule has 0 spiro atoms. The van der Waals surface area contributed by atoms with Gasteiger partial charge in [-0.25, -0.2) is 8.78 Å². The number of nitrogens with one attached hydrogen (secondary N) is 1. The van der Waals surface area contributed by atoms with E-state index in [1.54, 1.807) is 11.6 Å². The highest BCUT2D eigenvalue weighted by Crippen LogP contribution is 2.45. The van der Waals surface area contributed by atoms with E-state index in [0.717, 1.165) is 17.8 Å². The summed E-state index contributed by atoms with van der Waals surface area (Å²) in [5.41, 5.74) is 8.09. The van der Waals surface area contributed by atoms with Crippen molar-refractivity contribution >= 4 is 43.2 Å².